The van der Waals surface area contributed by atoms with Crippen molar-refractivity contribution in [2.75, 3.05) is 5.75 Å². The van der Waals surface area contributed by atoms with Gasteiger partial charge in [0, 0.05) is 35.8 Å². The van der Waals surface area contributed by atoms with Gasteiger partial charge in [-0.3, -0.25) is 9.59 Å². The molecule has 1 aliphatic carbocycles. The number of amides is 1. The zero-order valence-corrected chi connectivity index (χ0v) is 27.6. The Bertz CT molecular complexity index is 1350. The second-order valence-corrected chi connectivity index (χ2v) is 9.79. The van der Waals surface area contributed by atoms with E-state index in [0.717, 1.165) is 26.0 Å². The fraction of sp³-hybridized carbons (Fsp3) is 0.467. The van der Waals surface area contributed by atoms with Crippen LogP contribution >= 0.6 is 11.8 Å². The third-order valence-corrected chi connectivity index (χ3v) is 6.55. The van der Waals surface area contributed by atoms with Crippen LogP contribution in [0.4, 0.5) is 39.5 Å². The predicted octanol–water partition coefficient (Wildman–Crippen LogP) is 8.17. The number of halogens is 9. The minimum absolute atomic E-state index is 0.227. The van der Waals surface area contributed by atoms with Crippen molar-refractivity contribution in [1.82, 2.24) is 5.32 Å². The summed E-state index contributed by atoms with van der Waals surface area (Å²) in [6.45, 7) is 11.4. The molecule has 18 heteroatoms. The lowest BCUT2D eigenvalue weighted by atomic mass is 9.95. The first-order chi connectivity index (χ1) is 22.0. The van der Waals surface area contributed by atoms with Gasteiger partial charge in [0.15, 0.2) is 0 Å². The number of alkyl halides is 9. The molecule has 0 aromatic heterocycles. The zero-order chi connectivity index (χ0) is 38.2. The molecule has 0 heterocycles. The molecule has 2 rings (SSSR count). The first-order valence-corrected chi connectivity index (χ1v) is 14.9. The Morgan fingerprint density at radius 2 is 1.50 bits per heavy atom. The highest BCUT2D eigenvalue weighted by Gasteiger charge is 2.40. The molecule has 2 atom stereocenters. The van der Waals surface area contributed by atoms with Gasteiger partial charge in [-0.25, -0.2) is 9.59 Å². The van der Waals surface area contributed by atoms with E-state index in [1.54, 1.807) is 0 Å². The maximum Gasteiger partial charge on any atom is 0.416 e. The molecule has 1 aliphatic rings. The largest absolute Gasteiger partial charge is 0.507 e. The second kappa shape index (κ2) is 20.4. The fourth-order valence-electron chi connectivity index (χ4n) is 3.09. The van der Waals surface area contributed by atoms with Crippen molar-refractivity contribution in [3.8, 4) is 5.75 Å². The van der Waals surface area contributed by atoms with Crippen molar-refractivity contribution in [3.63, 3.8) is 0 Å². The number of phenols is 1. The highest BCUT2D eigenvalue weighted by atomic mass is 32.2. The number of thioether (sulfide) groups is 1. The lowest BCUT2D eigenvalue weighted by Gasteiger charge is -2.25. The number of carboxylic acids is 1. The zero-order valence-electron chi connectivity index (χ0n) is 26.8. The number of carboxylic acid groups (broad SMARTS) is 1. The van der Waals surface area contributed by atoms with Crippen molar-refractivity contribution in [2.45, 2.75) is 85.6 Å². The number of benzene rings is 1. The molecule has 0 spiro atoms. The summed E-state index contributed by atoms with van der Waals surface area (Å²) in [5.74, 6) is -5.36. The molecule has 0 radical (unpaired) electrons. The van der Waals surface area contributed by atoms with Gasteiger partial charge in [-0.15, -0.1) is 0 Å². The lowest BCUT2D eigenvalue weighted by Crippen LogP contribution is -2.41. The number of phenolic OH excluding ortho intramolecular Hbond substituents is 1. The number of nitrogens with one attached hydrogen (secondary N) is 1. The molecule has 2 unspecified atom stereocenters. The van der Waals surface area contributed by atoms with Crippen LogP contribution < -0.4 is 5.32 Å². The van der Waals surface area contributed by atoms with Crippen molar-refractivity contribution in [2.24, 2.45) is 0 Å². The average Bonchev–Trinajstić information content (AvgIpc) is 2.99. The number of ether oxygens (including phenoxy) is 1. The van der Waals surface area contributed by atoms with Gasteiger partial charge in [-0.2, -0.15) is 39.5 Å². The van der Waals surface area contributed by atoms with Gasteiger partial charge in [0.2, 0.25) is 11.0 Å². The third-order valence-electron chi connectivity index (χ3n) is 5.55. The topological polar surface area (TPSA) is 130 Å². The van der Waals surface area contributed by atoms with E-state index in [9.17, 15) is 63.8 Å². The molecule has 0 saturated carbocycles. The highest BCUT2D eigenvalue weighted by Crippen LogP contribution is 2.37. The van der Waals surface area contributed by atoms with E-state index in [1.165, 1.54) is 6.92 Å². The minimum atomic E-state index is -4.86. The number of rotatable bonds is 7. The number of allylic oxidation sites excluding steroid dienone is 4. The van der Waals surface area contributed by atoms with Crippen molar-refractivity contribution in [3.05, 3.63) is 64.3 Å². The molecule has 3 N–H and O–H groups in total. The van der Waals surface area contributed by atoms with Crippen LogP contribution in [-0.2, 0) is 25.3 Å². The molecule has 272 valence electrons. The Morgan fingerprint density at radius 3 is 1.88 bits per heavy atom. The molecule has 0 saturated heterocycles. The van der Waals surface area contributed by atoms with Crippen LogP contribution in [0.25, 0.3) is 0 Å². The van der Waals surface area contributed by atoms with Gasteiger partial charge in [0.05, 0.1) is 5.56 Å². The van der Waals surface area contributed by atoms with Crippen LogP contribution in [-0.4, -0.2) is 63.4 Å². The summed E-state index contributed by atoms with van der Waals surface area (Å²) < 4.78 is 117. The number of aliphatic carboxylic acids is 1. The van der Waals surface area contributed by atoms with Gasteiger partial charge in [-0.1, -0.05) is 57.7 Å². The molecule has 1 aromatic carbocycles. The summed E-state index contributed by atoms with van der Waals surface area (Å²) in [6, 6.07) is -0.268. The molecule has 8 nitrogen and oxygen atoms in total. The number of carbonyl (C=O) groups excluding carboxylic acids is 3. The Labute approximate surface area is 275 Å². The minimum Gasteiger partial charge on any atom is -0.507 e. The Hall–Kier alpha value is -3.96. The average molecular weight is 726 g/mol. The first-order valence-electron chi connectivity index (χ1n) is 13.9. The Morgan fingerprint density at radius 1 is 0.958 bits per heavy atom. The standard InChI is InChI=1S/C21H17F6NO7S.C5H7F3.2C2H6/c1-9(29)28-14(17(31)32)8-36-19(34)13-5-3-11(21(25,26)27)7-16(13)35-18(33)12-4-2-10(6-15(12)30)20(22,23)24;1-3-4(2)5(6,7)8;2*1-2/h2-6,14,16,30H,7-8H2,1H3,(H,28,29)(H,31,32);3H,1-2H3;2*1-2H3/b;4-3+;;. The van der Waals surface area contributed by atoms with E-state index >= 15 is 0 Å². The van der Waals surface area contributed by atoms with Crippen LogP contribution in [0.5, 0.6) is 5.75 Å². The SMILES string of the molecule is C/C=C(\C)C(F)(F)F.CC.CC.CC(=O)NC(CSC(=O)C1=CC=C(C(F)(F)F)CC1OC(=O)c1ccc(C(F)(F)F)cc1O)C(=O)O. The second-order valence-electron chi connectivity index (χ2n) is 8.80. The Balaban J connectivity index is 0. The first kappa shape index (κ1) is 46.2. The van der Waals surface area contributed by atoms with Gasteiger partial charge >= 0.3 is 30.5 Å². The normalized spacial score (nSPS) is 15.3. The molecule has 0 aliphatic heterocycles. The van der Waals surface area contributed by atoms with Crippen molar-refractivity contribution >= 4 is 34.7 Å². The maximum absolute atomic E-state index is 13.2. The van der Waals surface area contributed by atoms with Crippen molar-refractivity contribution < 1.29 is 73.6 Å². The number of carbonyl (C=O) groups is 4. The van der Waals surface area contributed by atoms with Gasteiger partial charge < -0.3 is 20.3 Å². The molecule has 0 fully saturated rings. The van der Waals surface area contributed by atoms with Crippen molar-refractivity contribution in [1.29, 1.82) is 0 Å². The van der Waals surface area contributed by atoms with E-state index in [-0.39, 0.29) is 6.07 Å². The van der Waals surface area contributed by atoms with Gasteiger partial charge in [0.25, 0.3) is 0 Å². The van der Waals surface area contributed by atoms with E-state index in [2.05, 4.69) is 5.32 Å². The number of hydrogen-bond donors (Lipinski definition) is 3. The molecule has 1 aromatic rings. The summed E-state index contributed by atoms with van der Waals surface area (Å²) in [6.07, 6.45) is -14.4. The number of aromatic hydroxyl groups is 1. The van der Waals surface area contributed by atoms with Gasteiger partial charge in [0.1, 0.15) is 23.5 Å². The smallest absolute Gasteiger partial charge is 0.416 e. The number of esters is 1. The highest BCUT2D eigenvalue weighted by molar-refractivity contribution is 8.14. The summed E-state index contributed by atoms with van der Waals surface area (Å²) >= 11 is 0.326. The molecular weight excluding hydrogens is 689 g/mol. The third kappa shape index (κ3) is 15.8. The van der Waals surface area contributed by atoms with Crippen LogP contribution in [0.2, 0.25) is 0 Å². The fourth-order valence-corrected chi connectivity index (χ4v) is 4.00. The van der Waals surface area contributed by atoms with Crippen LogP contribution in [0.15, 0.2) is 53.1 Å². The van der Waals surface area contributed by atoms with E-state index in [1.807, 2.05) is 27.7 Å². The Kier molecular flexibility index (Phi) is 19.6. The summed E-state index contributed by atoms with van der Waals surface area (Å²) in [5, 5.41) is 20.0. The summed E-state index contributed by atoms with van der Waals surface area (Å²) in [5.41, 5.74) is -4.28. The van der Waals surface area contributed by atoms with Crippen LogP contribution in [0.3, 0.4) is 0 Å². The van der Waals surface area contributed by atoms with E-state index in [0.29, 0.717) is 30.0 Å². The van der Waals surface area contributed by atoms with E-state index in [4.69, 9.17) is 9.84 Å². The predicted molar refractivity (Wildman–Crippen MR) is 160 cm³/mol. The lowest BCUT2D eigenvalue weighted by molar-refractivity contribution is -0.140. The van der Waals surface area contributed by atoms with Gasteiger partial charge in [-0.05, 0) is 32.0 Å². The quantitative estimate of drug-likeness (QED) is 0.146. The molecule has 48 heavy (non-hydrogen) atoms. The van der Waals surface area contributed by atoms with Crippen LogP contribution in [0, 0.1) is 0 Å². The summed E-state index contributed by atoms with van der Waals surface area (Å²) in [4.78, 5) is 47.4. The molecular formula is C30H36F9NO7S. The van der Waals surface area contributed by atoms with E-state index < -0.39 is 99.4 Å². The number of hydrogen-bond acceptors (Lipinski definition) is 7. The maximum atomic E-state index is 13.2. The molecule has 1 amide bonds. The van der Waals surface area contributed by atoms with Crippen LogP contribution in [0.1, 0.15) is 70.8 Å². The molecule has 0 bridgehead atoms. The summed E-state index contributed by atoms with van der Waals surface area (Å²) in [7, 11) is 0. The monoisotopic (exact) mass is 725 g/mol.